The summed E-state index contributed by atoms with van der Waals surface area (Å²) < 4.78 is 27.6. The number of hydrogen-bond donors (Lipinski definition) is 2. The fraction of sp³-hybridized carbons (Fsp3) is 0.500. The van der Waals surface area contributed by atoms with Gasteiger partial charge in [-0.2, -0.15) is 0 Å². The first kappa shape index (κ1) is 14.9. The summed E-state index contributed by atoms with van der Waals surface area (Å²) in [5.74, 6) is 0. The standard InChI is InChI=1S/C12H20N2O3S/c1-9-4-5-11(18(13,15)16)8-12(9)14-10(2)6-7-17-3/h4-5,8,10,14H,6-7H2,1-3H3,(H2,13,15,16). The number of nitrogens with two attached hydrogens (primary N) is 1. The van der Waals surface area contributed by atoms with E-state index in [-0.39, 0.29) is 10.9 Å². The van der Waals surface area contributed by atoms with Crippen LogP contribution in [0.3, 0.4) is 0 Å². The molecular formula is C12H20N2O3S. The summed E-state index contributed by atoms with van der Waals surface area (Å²) in [7, 11) is -2.01. The molecule has 0 spiro atoms. The molecule has 0 heterocycles. The molecule has 0 aliphatic rings. The van der Waals surface area contributed by atoms with Crippen molar-refractivity contribution in [2.75, 3.05) is 19.0 Å². The maximum absolute atomic E-state index is 11.3. The number of nitrogens with one attached hydrogen (secondary N) is 1. The van der Waals surface area contributed by atoms with Crippen LogP contribution in [0.1, 0.15) is 18.9 Å². The Labute approximate surface area is 108 Å². The van der Waals surface area contributed by atoms with Crippen molar-refractivity contribution in [3.8, 4) is 0 Å². The number of rotatable bonds is 6. The number of benzene rings is 1. The molecule has 5 nitrogen and oxygen atoms in total. The van der Waals surface area contributed by atoms with E-state index in [0.29, 0.717) is 6.61 Å². The van der Waals surface area contributed by atoms with Crippen LogP contribution in [0.2, 0.25) is 0 Å². The van der Waals surface area contributed by atoms with Crippen LogP contribution < -0.4 is 10.5 Å². The van der Waals surface area contributed by atoms with Gasteiger partial charge in [0.2, 0.25) is 10.0 Å². The lowest BCUT2D eigenvalue weighted by Gasteiger charge is -2.17. The summed E-state index contributed by atoms with van der Waals surface area (Å²) in [6.07, 6.45) is 0.843. The van der Waals surface area contributed by atoms with Crippen LogP contribution in [0, 0.1) is 6.92 Å². The largest absolute Gasteiger partial charge is 0.385 e. The summed E-state index contributed by atoms with van der Waals surface area (Å²) >= 11 is 0. The zero-order valence-electron chi connectivity index (χ0n) is 10.9. The molecule has 0 saturated carbocycles. The number of anilines is 1. The zero-order valence-corrected chi connectivity index (χ0v) is 11.8. The van der Waals surface area contributed by atoms with Crippen molar-refractivity contribution in [2.24, 2.45) is 5.14 Å². The number of aryl methyl sites for hydroxylation is 1. The summed E-state index contributed by atoms with van der Waals surface area (Å²) in [5, 5.41) is 8.37. The lowest BCUT2D eigenvalue weighted by Crippen LogP contribution is -2.19. The Bertz CT molecular complexity index is 500. The van der Waals surface area contributed by atoms with Crippen LogP contribution >= 0.6 is 0 Å². The highest BCUT2D eigenvalue weighted by Gasteiger charge is 2.11. The summed E-state index contributed by atoms with van der Waals surface area (Å²) in [6.45, 7) is 4.59. The molecule has 6 heteroatoms. The van der Waals surface area contributed by atoms with Gasteiger partial charge in [-0.25, -0.2) is 13.6 Å². The summed E-state index contributed by atoms with van der Waals surface area (Å²) in [6, 6.07) is 5.01. The predicted octanol–water partition coefficient (Wildman–Crippen LogP) is 1.48. The van der Waals surface area contributed by atoms with Crippen LogP contribution in [-0.4, -0.2) is 28.2 Å². The molecule has 102 valence electrons. The number of methoxy groups -OCH3 is 1. The van der Waals surface area contributed by atoms with Gasteiger partial charge in [-0.15, -0.1) is 0 Å². The Hall–Kier alpha value is -1.11. The van der Waals surface area contributed by atoms with Gasteiger partial charge in [-0.3, -0.25) is 0 Å². The second-order valence-corrected chi connectivity index (χ2v) is 5.91. The quantitative estimate of drug-likeness (QED) is 0.822. The van der Waals surface area contributed by atoms with Gasteiger partial charge in [0.05, 0.1) is 4.90 Å². The minimum absolute atomic E-state index is 0.120. The third-order valence-corrected chi connectivity index (χ3v) is 3.61. The molecule has 1 rings (SSSR count). The highest BCUT2D eigenvalue weighted by atomic mass is 32.2. The molecular weight excluding hydrogens is 252 g/mol. The molecule has 0 fully saturated rings. The topological polar surface area (TPSA) is 81.4 Å². The molecule has 1 aromatic rings. The van der Waals surface area contributed by atoms with Crippen molar-refractivity contribution in [3.05, 3.63) is 23.8 Å². The smallest absolute Gasteiger partial charge is 0.238 e. The summed E-state index contributed by atoms with van der Waals surface area (Å²) in [4.78, 5) is 0.120. The van der Waals surface area contributed by atoms with Crippen LogP contribution in [-0.2, 0) is 14.8 Å². The van der Waals surface area contributed by atoms with Crippen molar-refractivity contribution in [3.63, 3.8) is 0 Å². The highest BCUT2D eigenvalue weighted by molar-refractivity contribution is 7.89. The third-order valence-electron chi connectivity index (χ3n) is 2.69. The molecule has 3 N–H and O–H groups in total. The minimum atomic E-state index is -3.66. The molecule has 0 bridgehead atoms. The molecule has 0 radical (unpaired) electrons. The van der Waals surface area contributed by atoms with Gasteiger partial charge in [0.1, 0.15) is 0 Å². The fourth-order valence-corrected chi connectivity index (χ4v) is 2.11. The number of primary sulfonamides is 1. The van der Waals surface area contributed by atoms with Crippen LogP contribution in [0.25, 0.3) is 0 Å². The monoisotopic (exact) mass is 272 g/mol. The first-order chi connectivity index (χ1) is 8.34. The van der Waals surface area contributed by atoms with E-state index < -0.39 is 10.0 Å². The van der Waals surface area contributed by atoms with Gasteiger partial charge < -0.3 is 10.1 Å². The van der Waals surface area contributed by atoms with Crippen LogP contribution in [0.5, 0.6) is 0 Å². The van der Waals surface area contributed by atoms with Gasteiger partial charge in [-0.05, 0) is 38.0 Å². The van der Waals surface area contributed by atoms with Crippen molar-refractivity contribution in [1.29, 1.82) is 0 Å². The Morgan fingerprint density at radius 1 is 1.44 bits per heavy atom. The maximum Gasteiger partial charge on any atom is 0.238 e. The number of ether oxygens (including phenoxy) is 1. The fourth-order valence-electron chi connectivity index (χ4n) is 1.57. The molecule has 0 amide bonds. The van der Waals surface area contributed by atoms with Crippen LogP contribution in [0.15, 0.2) is 23.1 Å². The second-order valence-electron chi connectivity index (χ2n) is 4.35. The molecule has 1 aromatic carbocycles. The molecule has 0 aliphatic carbocycles. The predicted molar refractivity (Wildman–Crippen MR) is 72.1 cm³/mol. The Morgan fingerprint density at radius 3 is 2.67 bits per heavy atom. The van der Waals surface area contributed by atoms with E-state index in [4.69, 9.17) is 9.88 Å². The highest BCUT2D eigenvalue weighted by Crippen LogP contribution is 2.20. The van der Waals surface area contributed by atoms with E-state index in [1.54, 1.807) is 19.2 Å². The van der Waals surface area contributed by atoms with E-state index in [1.165, 1.54) is 6.07 Å². The first-order valence-corrected chi connectivity index (χ1v) is 7.28. The van der Waals surface area contributed by atoms with Gasteiger partial charge in [0.15, 0.2) is 0 Å². The lowest BCUT2D eigenvalue weighted by atomic mass is 10.1. The van der Waals surface area contributed by atoms with Gasteiger partial charge in [-0.1, -0.05) is 6.07 Å². The molecule has 0 aliphatic heterocycles. The van der Waals surface area contributed by atoms with Gasteiger partial charge in [0, 0.05) is 25.4 Å². The van der Waals surface area contributed by atoms with Gasteiger partial charge >= 0.3 is 0 Å². The molecule has 0 saturated heterocycles. The van der Waals surface area contributed by atoms with Crippen molar-refractivity contribution in [2.45, 2.75) is 31.2 Å². The average molecular weight is 272 g/mol. The molecule has 0 aromatic heterocycles. The van der Waals surface area contributed by atoms with E-state index in [9.17, 15) is 8.42 Å². The van der Waals surface area contributed by atoms with E-state index in [2.05, 4.69) is 5.32 Å². The minimum Gasteiger partial charge on any atom is -0.385 e. The SMILES string of the molecule is COCCC(C)Nc1cc(S(N)(=O)=O)ccc1C. The Morgan fingerprint density at radius 2 is 2.11 bits per heavy atom. The van der Waals surface area contributed by atoms with Crippen LogP contribution in [0.4, 0.5) is 5.69 Å². The Balaban J connectivity index is 2.88. The first-order valence-electron chi connectivity index (χ1n) is 5.73. The zero-order chi connectivity index (χ0) is 13.8. The van der Waals surface area contributed by atoms with Crippen molar-refractivity contribution in [1.82, 2.24) is 0 Å². The van der Waals surface area contributed by atoms with E-state index >= 15 is 0 Å². The summed E-state index contributed by atoms with van der Waals surface area (Å²) in [5.41, 5.74) is 1.76. The Kier molecular flexibility index (Phi) is 5.13. The van der Waals surface area contributed by atoms with Crippen molar-refractivity contribution < 1.29 is 13.2 Å². The van der Waals surface area contributed by atoms with Crippen molar-refractivity contribution >= 4 is 15.7 Å². The number of sulfonamides is 1. The molecule has 1 unspecified atom stereocenters. The van der Waals surface area contributed by atoms with Gasteiger partial charge in [0.25, 0.3) is 0 Å². The number of hydrogen-bond acceptors (Lipinski definition) is 4. The average Bonchev–Trinajstić information content (AvgIpc) is 2.28. The molecule has 1 atom stereocenters. The van der Waals surface area contributed by atoms with E-state index in [0.717, 1.165) is 17.7 Å². The second kappa shape index (κ2) is 6.17. The molecule has 18 heavy (non-hydrogen) atoms. The lowest BCUT2D eigenvalue weighted by molar-refractivity contribution is 0.191. The third kappa shape index (κ3) is 4.29. The normalized spacial score (nSPS) is 13.3. The van der Waals surface area contributed by atoms with E-state index in [1.807, 2.05) is 13.8 Å². The maximum atomic E-state index is 11.3.